The number of aromatic nitrogens is 4. The van der Waals surface area contributed by atoms with Gasteiger partial charge in [-0.1, -0.05) is 41.9 Å². The second-order valence-electron chi connectivity index (χ2n) is 7.74. The van der Waals surface area contributed by atoms with Gasteiger partial charge in [0, 0.05) is 0 Å². The lowest BCUT2D eigenvalue weighted by Gasteiger charge is -2.29. The first-order valence-electron chi connectivity index (χ1n) is 9.15. The van der Waals surface area contributed by atoms with Gasteiger partial charge < -0.3 is 19.8 Å². The SMILES string of the molecule is CC(C)(C)OC(=O)[C@](N)(Cn1cnc2c(Cl)ncnc21)C(=O)OCc1ccccc1. The molecule has 0 fully saturated rings. The van der Waals surface area contributed by atoms with Gasteiger partial charge in [-0.05, 0) is 26.3 Å². The maximum atomic E-state index is 13.0. The first-order valence-corrected chi connectivity index (χ1v) is 9.53. The summed E-state index contributed by atoms with van der Waals surface area (Å²) in [5.74, 6) is -1.85. The average Bonchev–Trinajstić information content (AvgIpc) is 3.09. The summed E-state index contributed by atoms with van der Waals surface area (Å²) < 4.78 is 12.2. The quantitative estimate of drug-likeness (QED) is 0.358. The van der Waals surface area contributed by atoms with E-state index in [-0.39, 0.29) is 18.3 Å². The van der Waals surface area contributed by atoms with Gasteiger partial charge in [-0.25, -0.2) is 24.5 Å². The Balaban J connectivity index is 1.91. The number of carbonyl (C=O) groups is 2. The Morgan fingerprint density at radius 2 is 1.80 bits per heavy atom. The number of imidazole rings is 1. The fourth-order valence-electron chi connectivity index (χ4n) is 2.67. The van der Waals surface area contributed by atoms with Crippen molar-refractivity contribution >= 4 is 34.7 Å². The van der Waals surface area contributed by atoms with Crippen molar-refractivity contribution < 1.29 is 19.1 Å². The highest BCUT2D eigenvalue weighted by atomic mass is 35.5. The molecule has 0 saturated heterocycles. The topological polar surface area (TPSA) is 122 Å². The van der Waals surface area contributed by atoms with E-state index in [1.54, 1.807) is 32.9 Å². The molecule has 3 rings (SSSR count). The highest BCUT2D eigenvalue weighted by Gasteiger charge is 2.47. The van der Waals surface area contributed by atoms with Crippen LogP contribution in [-0.4, -0.2) is 42.6 Å². The Bertz CT molecular complexity index is 1060. The van der Waals surface area contributed by atoms with Gasteiger partial charge in [0.1, 0.15) is 24.1 Å². The number of hydrogen-bond donors (Lipinski definition) is 1. The number of rotatable bonds is 6. The lowest BCUT2D eigenvalue weighted by atomic mass is 10.0. The maximum absolute atomic E-state index is 13.0. The third-order valence-corrected chi connectivity index (χ3v) is 4.39. The van der Waals surface area contributed by atoms with Crippen LogP contribution >= 0.6 is 11.6 Å². The lowest BCUT2D eigenvalue weighted by molar-refractivity contribution is -0.173. The molecule has 1 atom stereocenters. The van der Waals surface area contributed by atoms with Crippen LogP contribution in [0.25, 0.3) is 11.2 Å². The molecule has 0 aliphatic rings. The number of nitrogens with zero attached hydrogens (tertiary/aromatic N) is 4. The third kappa shape index (κ3) is 4.74. The molecule has 30 heavy (non-hydrogen) atoms. The summed E-state index contributed by atoms with van der Waals surface area (Å²) in [7, 11) is 0. The molecule has 0 unspecified atom stereocenters. The molecule has 0 bridgehead atoms. The van der Waals surface area contributed by atoms with E-state index >= 15 is 0 Å². The molecular formula is C20H22ClN5O4. The number of nitrogens with two attached hydrogens (primary N) is 1. The van der Waals surface area contributed by atoms with Gasteiger partial charge >= 0.3 is 11.9 Å². The first kappa shape index (κ1) is 21.7. The van der Waals surface area contributed by atoms with E-state index in [1.807, 2.05) is 18.2 Å². The highest BCUT2D eigenvalue weighted by Crippen LogP contribution is 2.22. The second-order valence-corrected chi connectivity index (χ2v) is 8.10. The first-order chi connectivity index (χ1) is 14.1. The van der Waals surface area contributed by atoms with Crippen LogP contribution in [0.1, 0.15) is 26.3 Å². The van der Waals surface area contributed by atoms with E-state index in [9.17, 15) is 9.59 Å². The number of carbonyl (C=O) groups excluding carboxylic acids is 2. The van der Waals surface area contributed by atoms with Crippen LogP contribution in [-0.2, 0) is 32.2 Å². The van der Waals surface area contributed by atoms with Gasteiger partial charge in [-0.2, -0.15) is 0 Å². The molecule has 0 saturated carbocycles. The van der Waals surface area contributed by atoms with Gasteiger partial charge in [-0.3, -0.25) is 0 Å². The Labute approximate surface area is 178 Å². The van der Waals surface area contributed by atoms with Crippen LogP contribution in [0.5, 0.6) is 0 Å². The summed E-state index contributed by atoms with van der Waals surface area (Å²) in [5, 5.41) is 0.144. The number of esters is 2. The number of ether oxygens (including phenoxy) is 2. The van der Waals surface area contributed by atoms with Gasteiger partial charge in [0.25, 0.3) is 0 Å². The fraction of sp³-hybridized carbons (Fsp3) is 0.350. The van der Waals surface area contributed by atoms with Crippen molar-refractivity contribution in [2.45, 2.75) is 45.1 Å². The summed E-state index contributed by atoms with van der Waals surface area (Å²) in [6.07, 6.45) is 2.63. The van der Waals surface area contributed by atoms with Gasteiger partial charge in [0.2, 0.25) is 5.54 Å². The van der Waals surface area contributed by atoms with Crippen LogP contribution in [0.15, 0.2) is 43.0 Å². The van der Waals surface area contributed by atoms with E-state index in [2.05, 4.69) is 15.0 Å². The van der Waals surface area contributed by atoms with Crippen molar-refractivity contribution in [3.05, 3.63) is 53.7 Å². The Kier molecular flexibility index (Phi) is 6.04. The molecule has 2 heterocycles. The predicted molar refractivity (Wildman–Crippen MR) is 109 cm³/mol. The van der Waals surface area contributed by atoms with Crippen molar-refractivity contribution in [2.75, 3.05) is 0 Å². The zero-order chi connectivity index (χ0) is 21.9. The smallest absolute Gasteiger partial charge is 0.340 e. The zero-order valence-corrected chi connectivity index (χ0v) is 17.6. The molecule has 0 aliphatic carbocycles. The zero-order valence-electron chi connectivity index (χ0n) is 16.8. The molecule has 0 radical (unpaired) electrons. The third-order valence-electron chi connectivity index (χ3n) is 4.12. The largest absolute Gasteiger partial charge is 0.459 e. The standard InChI is InChI=1S/C20H22ClN5O4/c1-19(2,3)30-18(28)20(22,17(27)29-9-13-7-5-4-6-8-13)10-26-12-25-14-15(21)23-11-24-16(14)26/h4-8,11-12H,9-10,22H2,1-3H3/t20-/m0/s1. The Hall–Kier alpha value is -3.04. The van der Waals surface area contributed by atoms with Gasteiger partial charge in [0.05, 0.1) is 12.9 Å². The molecule has 158 valence electrons. The molecule has 9 nitrogen and oxygen atoms in total. The number of hydrogen-bond acceptors (Lipinski definition) is 8. The second kappa shape index (κ2) is 8.37. The van der Waals surface area contributed by atoms with Crippen molar-refractivity contribution in [1.29, 1.82) is 0 Å². The van der Waals surface area contributed by atoms with Crippen molar-refractivity contribution in [1.82, 2.24) is 19.5 Å². The monoisotopic (exact) mass is 431 g/mol. The molecule has 0 amide bonds. The van der Waals surface area contributed by atoms with Crippen molar-refractivity contribution in [3.8, 4) is 0 Å². The molecule has 1 aromatic carbocycles. The number of benzene rings is 1. The van der Waals surface area contributed by atoms with Gasteiger partial charge in [0.15, 0.2) is 10.8 Å². The molecule has 10 heteroatoms. The summed E-state index contributed by atoms with van der Waals surface area (Å²) in [5.41, 5.74) is 4.71. The summed E-state index contributed by atoms with van der Waals surface area (Å²) in [4.78, 5) is 38.0. The van der Waals surface area contributed by atoms with Crippen molar-refractivity contribution in [2.24, 2.45) is 5.73 Å². The number of halogens is 1. The van der Waals surface area contributed by atoms with E-state index < -0.39 is 23.1 Å². The minimum Gasteiger partial charge on any atom is -0.459 e. The molecular weight excluding hydrogens is 410 g/mol. The number of fused-ring (bicyclic) bond motifs is 1. The highest BCUT2D eigenvalue weighted by molar-refractivity contribution is 6.33. The summed E-state index contributed by atoms with van der Waals surface area (Å²) >= 11 is 6.03. The predicted octanol–water partition coefficient (Wildman–Crippen LogP) is 2.26. The molecule has 2 aromatic heterocycles. The lowest BCUT2D eigenvalue weighted by Crippen LogP contribution is -2.60. The van der Waals surface area contributed by atoms with Crippen LogP contribution in [0.3, 0.4) is 0 Å². The average molecular weight is 432 g/mol. The normalized spacial score (nSPS) is 13.6. The molecule has 2 N–H and O–H groups in total. The maximum Gasteiger partial charge on any atom is 0.340 e. The Morgan fingerprint density at radius 1 is 1.10 bits per heavy atom. The van der Waals surface area contributed by atoms with Crippen LogP contribution in [0, 0.1) is 0 Å². The molecule has 3 aromatic rings. The van der Waals surface area contributed by atoms with Crippen molar-refractivity contribution in [3.63, 3.8) is 0 Å². The molecule has 0 spiro atoms. The van der Waals surface area contributed by atoms with E-state index in [0.29, 0.717) is 11.2 Å². The van der Waals surface area contributed by atoms with E-state index in [4.69, 9.17) is 26.8 Å². The van der Waals surface area contributed by atoms with Crippen LogP contribution in [0.4, 0.5) is 0 Å². The van der Waals surface area contributed by atoms with E-state index in [1.165, 1.54) is 17.2 Å². The van der Waals surface area contributed by atoms with Gasteiger partial charge in [-0.15, -0.1) is 0 Å². The molecule has 0 aliphatic heterocycles. The summed E-state index contributed by atoms with van der Waals surface area (Å²) in [6.45, 7) is 4.69. The van der Waals surface area contributed by atoms with E-state index in [0.717, 1.165) is 5.56 Å². The Morgan fingerprint density at radius 3 is 2.47 bits per heavy atom. The fourth-order valence-corrected chi connectivity index (χ4v) is 2.85. The summed E-state index contributed by atoms with van der Waals surface area (Å²) in [6, 6.07) is 9.06. The van der Waals surface area contributed by atoms with Crippen LogP contribution < -0.4 is 5.73 Å². The minimum atomic E-state index is -2.13. The van der Waals surface area contributed by atoms with Crippen LogP contribution in [0.2, 0.25) is 5.15 Å². The minimum absolute atomic E-state index is 0.0416.